The average Bonchev–Trinajstić information content (AvgIpc) is 3.18. The van der Waals surface area contributed by atoms with E-state index in [0.717, 1.165) is 50.4 Å². The van der Waals surface area contributed by atoms with Crippen molar-refractivity contribution in [1.29, 1.82) is 0 Å². The smallest absolute Gasteiger partial charge is 0.333 e. The monoisotopic (exact) mass is 442 g/mol. The quantitative estimate of drug-likeness (QED) is 0.687. The molecule has 0 unspecified atom stereocenters. The molecular weight excluding hydrogens is 415 g/mol. The molecule has 0 spiro atoms. The Kier molecular flexibility index (Phi) is 6.62. The maximum atomic E-state index is 13.7. The van der Waals surface area contributed by atoms with Crippen LogP contribution in [0.15, 0.2) is 24.4 Å². The molecule has 2 aliphatic rings. The lowest BCUT2D eigenvalue weighted by Crippen LogP contribution is -2.36. The second kappa shape index (κ2) is 9.24. The van der Waals surface area contributed by atoms with Crippen LogP contribution >= 0.6 is 0 Å². The van der Waals surface area contributed by atoms with Crippen LogP contribution in [0.2, 0.25) is 0 Å². The van der Waals surface area contributed by atoms with Gasteiger partial charge in [0, 0.05) is 43.9 Å². The summed E-state index contributed by atoms with van der Waals surface area (Å²) in [6.45, 7) is 4.52. The van der Waals surface area contributed by atoms with Crippen molar-refractivity contribution in [2.75, 3.05) is 32.7 Å². The van der Waals surface area contributed by atoms with E-state index in [2.05, 4.69) is 10.2 Å². The van der Waals surface area contributed by atoms with Crippen molar-refractivity contribution in [3.8, 4) is 11.3 Å². The van der Waals surface area contributed by atoms with Gasteiger partial charge in [-0.25, -0.2) is 13.8 Å². The Balaban J connectivity index is 1.60. The van der Waals surface area contributed by atoms with Gasteiger partial charge in [0.2, 0.25) is 0 Å². The molecule has 2 saturated heterocycles. The Morgan fingerprint density at radius 1 is 1.03 bits per heavy atom. The Morgan fingerprint density at radius 2 is 1.74 bits per heavy atom. The highest BCUT2D eigenvalue weighted by Crippen LogP contribution is 2.35. The molecule has 0 saturated carbocycles. The lowest BCUT2D eigenvalue weighted by molar-refractivity contribution is -0.139. The van der Waals surface area contributed by atoms with Gasteiger partial charge >= 0.3 is 6.18 Å². The molecule has 9 heteroatoms. The molecule has 1 N–H and O–H groups in total. The molecule has 0 radical (unpaired) electrons. The van der Waals surface area contributed by atoms with Gasteiger partial charge in [0.05, 0.1) is 11.3 Å². The highest BCUT2D eigenvalue weighted by Gasteiger charge is 2.34. The molecule has 2 fully saturated rings. The molecule has 0 bridgehead atoms. The van der Waals surface area contributed by atoms with Gasteiger partial charge in [-0.1, -0.05) is 0 Å². The number of benzene rings is 1. The first-order valence-corrected chi connectivity index (χ1v) is 10.8. The minimum atomic E-state index is -4.76. The second-order valence-electron chi connectivity index (χ2n) is 8.41. The molecule has 1 aromatic carbocycles. The number of alkyl halides is 4. The zero-order valence-corrected chi connectivity index (χ0v) is 17.3. The molecule has 4 nitrogen and oxygen atoms in total. The van der Waals surface area contributed by atoms with Gasteiger partial charge in [-0.2, -0.15) is 13.2 Å². The van der Waals surface area contributed by atoms with Crippen LogP contribution in [0.1, 0.15) is 43.0 Å². The Bertz CT molecular complexity index is 881. The highest BCUT2D eigenvalue weighted by atomic mass is 19.4. The van der Waals surface area contributed by atoms with Crippen molar-refractivity contribution >= 4 is 0 Å². The van der Waals surface area contributed by atoms with Crippen molar-refractivity contribution in [2.45, 2.75) is 50.5 Å². The van der Waals surface area contributed by atoms with Gasteiger partial charge in [0.25, 0.3) is 0 Å². The molecule has 0 amide bonds. The summed E-state index contributed by atoms with van der Waals surface area (Å²) in [5.74, 6) is -0.214. The number of likely N-dealkylation sites (tertiary alicyclic amines) is 1. The third-order valence-electron chi connectivity index (χ3n) is 6.25. The summed E-state index contributed by atoms with van der Waals surface area (Å²) in [6, 6.07) is 3.03. The van der Waals surface area contributed by atoms with E-state index in [1.54, 1.807) is 6.20 Å². The summed E-state index contributed by atoms with van der Waals surface area (Å²) in [6.07, 6.45) is -0.849. The molecule has 1 aromatic heterocycles. The fourth-order valence-electron chi connectivity index (χ4n) is 4.43. The predicted octanol–water partition coefficient (Wildman–Crippen LogP) is 4.61. The summed E-state index contributed by atoms with van der Waals surface area (Å²) < 4.78 is 68.7. The van der Waals surface area contributed by atoms with Crippen molar-refractivity contribution in [3.05, 3.63) is 41.6 Å². The second-order valence-corrected chi connectivity index (χ2v) is 8.41. The van der Waals surface area contributed by atoms with Gasteiger partial charge in [-0.05, 0) is 57.0 Å². The zero-order valence-electron chi connectivity index (χ0n) is 17.3. The Labute approximate surface area is 178 Å². The fraction of sp³-hybridized carbons (Fsp3) is 0.591. The standard InChI is InChI=1S/C22H27F5N4/c23-17-5-9-30(10-6-17)11-12-31-14-20(29-21(31)15-3-7-28-8-4-15)16-1-2-19(24)18(13-16)22(25,26)27/h1-2,13-15,17,28H,3-12H2. The molecular formula is C22H27F5N4. The number of hydrogen-bond acceptors (Lipinski definition) is 3. The fourth-order valence-corrected chi connectivity index (χ4v) is 4.43. The van der Waals surface area contributed by atoms with E-state index in [0.29, 0.717) is 38.2 Å². The summed E-state index contributed by atoms with van der Waals surface area (Å²) in [4.78, 5) is 6.91. The van der Waals surface area contributed by atoms with Gasteiger partial charge in [-0.3, -0.25) is 0 Å². The van der Waals surface area contributed by atoms with Crippen molar-refractivity contribution in [1.82, 2.24) is 19.8 Å². The van der Waals surface area contributed by atoms with Crippen molar-refractivity contribution in [3.63, 3.8) is 0 Å². The first kappa shape index (κ1) is 22.2. The Hall–Kier alpha value is -2.00. The van der Waals surface area contributed by atoms with E-state index in [-0.39, 0.29) is 11.5 Å². The number of imidazole rings is 1. The van der Waals surface area contributed by atoms with E-state index in [1.165, 1.54) is 6.07 Å². The highest BCUT2D eigenvalue weighted by molar-refractivity contribution is 5.60. The lowest BCUT2D eigenvalue weighted by atomic mass is 9.97. The van der Waals surface area contributed by atoms with Crippen LogP contribution in [0.5, 0.6) is 0 Å². The maximum absolute atomic E-state index is 13.7. The maximum Gasteiger partial charge on any atom is 0.419 e. The number of nitrogens with one attached hydrogen (secondary N) is 1. The van der Waals surface area contributed by atoms with Crippen molar-refractivity contribution in [2.24, 2.45) is 0 Å². The van der Waals surface area contributed by atoms with Crippen LogP contribution in [0.3, 0.4) is 0 Å². The normalized spacial score (nSPS) is 19.8. The van der Waals surface area contributed by atoms with Crippen LogP contribution < -0.4 is 5.32 Å². The van der Waals surface area contributed by atoms with E-state index in [4.69, 9.17) is 4.98 Å². The molecule has 0 aliphatic carbocycles. The first-order valence-electron chi connectivity index (χ1n) is 10.8. The van der Waals surface area contributed by atoms with Crippen LogP contribution in [0.25, 0.3) is 11.3 Å². The van der Waals surface area contributed by atoms with Gasteiger partial charge in [-0.15, -0.1) is 0 Å². The minimum Gasteiger partial charge on any atom is -0.333 e. The number of nitrogens with zero attached hydrogens (tertiary/aromatic N) is 3. The summed E-state index contributed by atoms with van der Waals surface area (Å²) in [5.41, 5.74) is -0.612. The summed E-state index contributed by atoms with van der Waals surface area (Å²) in [7, 11) is 0. The summed E-state index contributed by atoms with van der Waals surface area (Å²) in [5, 5.41) is 3.31. The third-order valence-corrected chi connectivity index (χ3v) is 6.25. The molecule has 4 rings (SSSR count). The minimum absolute atomic E-state index is 0.217. The molecule has 3 heterocycles. The van der Waals surface area contributed by atoms with Gasteiger partial charge < -0.3 is 14.8 Å². The van der Waals surface area contributed by atoms with Crippen LogP contribution in [-0.4, -0.2) is 53.3 Å². The number of rotatable bonds is 5. The van der Waals surface area contributed by atoms with Gasteiger partial charge in [0.15, 0.2) is 0 Å². The molecule has 170 valence electrons. The van der Waals surface area contributed by atoms with E-state index in [1.807, 2.05) is 4.57 Å². The van der Waals surface area contributed by atoms with Crippen LogP contribution in [-0.2, 0) is 12.7 Å². The number of piperidine rings is 2. The SMILES string of the molecule is Fc1ccc(-c2cn(CCN3CCC(F)CC3)c(C3CCNCC3)n2)cc1C(F)(F)F. The topological polar surface area (TPSA) is 33.1 Å². The predicted molar refractivity (Wildman–Crippen MR) is 108 cm³/mol. The van der Waals surface area contributed by atoms with Crippen LogP contribution in [0, 0.1) is 5.82 Å². The Morgan fingerprint density at radius 3 is 2.42 bits per heavy atom. The lowest BCUT2D eigenvalue weighted by Gasteiger charge is -2.29. The third kappa shape index (κ3) is 5.26. The van der Waals surface area contributed by atoms with Crippen LogP contribution in [0.4, 0.5) is 22.0 Å². The largest absolute Gasteiger partial charge is 0.419 e. The number of aromatic nitrogens is 2. The molecule has 31 heavy (non-hydrogen) atoms. The van der Waals surface area contributed by atoms with Crippen molar-refractivity contribution < 1.29 is 22.0 Å². The van der Waals surface area contributed by atoms with E-state index >= 15 is 0 Å². The molecule has 0 atom stereocenters. The van der Waals surface area contributed by atoms with E-state index in [9.17, 15) is 22.0 Å². The average molecular weight is 442 g/mol. The number of halogens is 5. The van der Waals surface area contributed by atoms with E-state index < -0.39 is 23.7 Å². The zero-order chi connectivity index (χ0) is 22.0. The summed E-state index contributed by atoms with van der Waals surface area (Å²) >= 11 is 0. The van der Waals surface area contributed by atoms with Gasteiger partial charge in [0.1, 0.15) is 17.8 Å². The first-order chi connectivity index (χ1) is 14.8. The number of hydrogen-bond donors (Lipinski definition) is 1. The molecule has 2 aliphatic heterocycles. The molecule has 2 aromatic rings.